The van der Waals surface area contributed by atoms with Crippen LogP contribution in [0, 0.1) is 10.8 Å². The lowest BCUT2D eigenvalue weighted by molar-refractivity contribution is 0.304. The molecule has 1 fully saturated rings. The van der Waals surface area contributed by atoms with E-state index in [4.69, 9.17) is 11.1 Å². The molecular weight excluding hydrogens is 286 g/mol. The number of nitrogens with one attached hydrogen (secondary N) is 1. The van der Waals surface area contributed by atoms with Crippen LogP contribution in [0.5, 0.6) is 0 Å². The molecule has 1 aliphatic rings. The van der Waals surface area contributed by atoms with E-state index >= 15 is 0 Å². The molecular formula is C15H23N3O2S. The van der Waals surface area contributed by atoms with Crippen LogP contribution >= 0.6 is 0 Å². The fraction of sp³-hybridized carbons (Fsp3) is 0.533. The van der Waals surface area contributed by atoms with Gasteiger partial charge in [0, 0.05) is 18.7 Å². The predicted molar refractivity (Wildman–Crippen MR) is 84.3 cm³/mol. The van der Waals surface area contributed by atoms with Gasteiger partial charge in [-0.2, -0.15) is 0 Å². The highest BCUT2D eigenvalue weighted by Gasteiger charge is 2.29. The van der Waals surface area contributed by atoms with Gasteiger partial charge in [0.05, 0.1) is 10.6 Å². The van der Waals surface area contributed by atoms with Crippen LogP contribution in [-0.4, -0.2) is 44.5 Å². The van der Waals surface area contributed by atoms with Crippen molar-refractivity contribution in [2.75, 3.05) is 25.4 Å². The van der Waals surface area contributed by atoms with Gasteiger partial charge in [0.1, 0.15) is 5.84 Å². The van der Waals surface area contributed by atoms with Crippen LogP contribution in [0.15, 0.2) is 29.2 Å². The van der Waals surface area contributed by atoms with E-state index < -0.39 is 9.84 Å². The maximum atomic E-state index is 12.4. The van der Waals surface area contributed by atoms with E-state index in [0.717, 1.165) is 19.5 Å². The minimum Gasteiger partial charge on any atom is -0.384 e. The molecule has 0 atom stereocenters. The topological polar surface area (TPSA) is 87.2 Å². The van der Waals surface area contributed by atoms with Gasteiger partial charge >= 0.3 is 0 Å². The molecule has 0 bridgehead atoms. The van der Waals surface area contributed by atoms with Gasteiger partial charge in [-0.05, 0) is 30.5 Å². The van der Waals surface area contributed by atoms with Gasteiger partial charge in [-0.1, -0.05) is 26.0 Å². The molecule has 1 saturated heterocycles. The Kier molecular flexibility index (Phi) is 4.39. The van der Waals surface area contributed by atoms with Crippen molar-refractivity contribution in [3.8, 4) is 0 Å². The first-order chi connectivity index (χ1) is 9.70. The van der Waals surface area contributed by atoms with Gasteiger partial charge in [0.15, 0.2) is 9.84 Å². The standard InChI is InChI=1S/C15H23N3O2S/c1-15(2)6-7-18(11-15)8-9-21(19,20)13-5-3-4-12(10-13)14(16)17/h3-5,10H,6-9,11H2,1-2H3,(H3,16,17). The van der Waals surface area contributed by atoms with E-state index in [1.807, 2.05) is 0 Å². The van der Waals surface area contributed by atoms with Crippen molar-refractivity contribution >= 4 is 15.7 Å². The zero-order valence-corrected chi connectivity index (χ0v) is 13.4. The van der Waals surface area contributed by atoms with Crippen molar-refractivity contribution in [1.82, 2.24) is 4.90 Å². The normalized spacial score (nSPS) is 18.8. The highest BCUT2D eigenvalue weighted by Crippen LogP contribution is 2.28. The molecule has 1 aromatic rings. The van der Waals surface area contributed by atoms with Crippen LogP contribution in [-0.2, 0) is 9.84 Å². The molecule has 6 heteroatoms. The monoisotopic (exact) mass is 309 g/mol. The molecule has 1 aromatic carbocycles. The Hall–Kier alpha value is -1.40. The maximum Gasteiger partial charge on any atom is 0.179 e. The number of nitrogens with two attached hydrogens (primary N) is 1. The lowest BCUT2D eigenvalue weighted by atomic mass is 9.93. The Labute approximate surface area is 126 Å². The van der Waals surface area contributed by atoms with Crippen molar-refractivity contribution in [3.63, 3.8) is 0 Å². The third kappa shape index (κ3) is 4.04. The molecule has 116 valence electrons. The minimum absolute atomic E-state index is 0.102. The first-order valence-corrected chi connectivity index (χ1v) is 8.74. The molecule has 3 N–H and O–H groups in total. The molecule has 0 spiro atoms. The summed E-state index contributed by atoms with van der Waals surface area (Å²) in [6, 6.07) is 6.31. The van der Waals surface area contributed by atoms with Crippen LogP contribution in [0.1, 0.15) is 25.8 Å². The highest BCUT2D eigenvalue weighted by molar-refractivity contribution is 7.91. The summed E-state index contributed by atoms with van der Waals surface area (Å²) in [6.45, 7) is 6.86. The Morgan fingerprint density at radius 2 is 2.14 bits per heavy atom. The number of benzene rings is 1. The third-order valence-corrected chi connectivity index (χ3v) is 5.63. The molecule has 1 heterocycles. The fourth-order valence-corrected chi connectivity index (χ4v) is 3.97. The molecule has 2 rings (SSSR count). The molecule has 0 unspecified atom stereocenters. The Morgan fingerprint density at radius 3 is 2.71 bits per heavy atom. The smallest absolute Gasteiger partial charge is 0.179 e. The van der Waals surface area contributed by atoms with Gasteiger partial charge in [-0.25, -0.2) is 8.42 Å². The minimum atomic E-state index is -3.33. The summed E-state index contributed by atoms with van der Waals surface area (Å²) in [4.78, 5) is 2.44. The Morgan fingerprint density at radius 1 is 1.43 bits per heavy atom. The zero-order valence-electron chi connectivity index (χ0n) is 12.6. The second-order valence-corrected chi connectivity index (χ2v) is 8.56. The second-order valence-electron chi connectivity index (χ2n) is 6.45. The van der Waals surface area contributed by atoms with Gasteiger partial charge in [-0.15, -0.1) is 0 Å². The van der Waals surface area contributed by atoms with Gasteiger partial charge in [-0.3, -0.25) is 5.41 Å². The fourth-order valence-electron chi connectivity index (χ4n) is 2.64. The van der Waals surface area contributed by atoms with Gasteiger partial charge < -0.3 is 10.6 Å². The molecule has 1 aliphatic heterocycles. The second kappa shape index (κ2) is 5.77. The summed E-state index contributed by atoms with van der Waals surface area (Å²) >= 11 is 0. The molecule has 0 amide bonds. The van der Waals surface area contributed by atoms with Crippen molar-refractivity contribution in [2.45, 2.75) is 25.2 Å². The lowest BCUT2D eigenvalue weighted by Crippen LogP contribution is -2.29. The number of sulfone groups is 1. The number of hydrogen-bond acceptors (Lipinski definition) is 4. The van der Waals surface area contributed by atoms with E-state index in [2.05, 4.69) is 18.7 Å². The van der Waals surface area contributed by atoms with Crippen molar-refractivity contribution in [2.24, 2.45) is 11.1 Å². The Bertz CT molecular complexity index is 638. The summed E-state index contributed by atoms with van der Waals surface area (Å²) < 4.78 is 24.8. The van der Waals surface area contributed by atoms with Crippen LogP contribution in [0.3, 0.4) is 0 Å². The number of hydrogen-bond donors (Lipinski definition) is 2. The van der Waals surface area contributed by atoms with Crippen LogP contribution in [0.4, 0.5) is 0 Å². The molecule has 5 nitrogen and oxygen atoms in total. The average molecular weight is 309 g/mol. The number of likely N-dealkylation sites (tertiary alicyclic amines) is 1. The highest BCUT2D eigenvalue weighted by atomic mass is 32.2. The first-order valence-electron chi connectivity index (χ1n) is 7.09. The van der Waals surface area contributed by atoms with Gasteiger partial charge in [0.25, 0.3) is 0 Å². The van der Waals surface area contributed by atoms with E-state index in [1.165, 1.54) is 6.07 Å². The van der Waals surface area contributed by atoms with Gasteiger partial charge in [0.2, 0.25) is 0 Å². The first kappa shape index (κ1) is 16.0. The molecule has 0 aliphatic carbocycles. The van der Waals surface area contributed by atoms with E-state index in [0.29, 0.717) is 12.1 Å². The van der Waals surface area contributed by atoms with Crippen LogP contribution in [0.2, 0.25) is 0 Å². The Balaban J connectivity index is 2.05. The number of rotatable bonds is 5. The largest absolute Gasteiger partial charge is 0.384 e. The van der Waals surface area contributed by atoms with Crippen molar-refractivity contribution in [1.29, 1.82) is 5.41 Å². The summed E-state index contributed by atoms with van der Waals surface area (Å²) in [7, 11) is -3.33. The SMILES string of the molecule is CC1(C)CCN(CCS(=O)(=O)c2cccc(C(=N)N)c2)C1. The average Bonchev–Trinajstić information content (AvgIpc) is 2.76. The summed E-state index contributed by atoms with van der Waals surface area (Å²) in [5, 5.41) is 7.39. The number of nitrogens with zero attached hydrogens (tertiary/aromatic N) is 1. The van der Waals surface area contributed by atoms with E-state index in [9.17, 15) is 8.42 Å². The summed E-state index contributed by atoms with van der Waals surface area (Å²) in [5.41, 5.74) is 6.13. The number of amidine groups is 1. The quantitative estimate of drug-likeness (QED) is 0.637. The predicted octanol–water partition coefficient (Wildman–Crippen LogP) is 1.48. The molecule has 0 aromatic heterocycles. The maximum absolute atomic E-state index is 12.4. The zero-order chi connectivity index (χ0) is 15.7. The third-order valence-electron chi connectivity index (χ3n) is 3.94. The lowest BCUT2D eigenvalue weighted by Gasteiger charge is -2.19. The molecule has 21 heavy (non-hydrogen) atoms. The summed E-state index contributed by atoms with van der Waals surface area (Å²) in [5.74, 6) is -0.0157. The molecule has 0 radical (unpaired) electrons. The van der Waals surface area contributed by atoms with Crippen LogP contribution in [0.25, 0.3) is 0 Å². The van der Waals surface area contributed by atoms with E-state index in [1.54, 1.807) is 18.2 Å². The van der Waals surface area contributed by atoms with Crippen molar-refractivity contribution in [3.05, 3.63) is 29.8 Å². The van der Waals surface area contributed by atoms with Crippen LogP contribution < -0.4 is 5.73 Å². The summed E-state index contributed by atoms with van der Waals surface area (Å²) in [6.07, 6.45) is 1.10. The number of nitrogen functional groups attached to an aromatic ring is 1. The molecule has 0 saturated carbocycles. The van der Waals surface area contributed by atoms with E-state index in [-0.39, 0.29) is 21.9 Å². The van der Waals surface area contributed by atoms with Crippen molar-refractivity contribution < 1.29 is 8.42 Å².